The third-order valence-corrected chi connectivity index (χ3v) is 6.94. The van der Waals surface area contributed by atoms with Crippen LogP contribution in [0.25, 0.3) is 0 Å². The van der Waals surface area contributed by atoms with Gasteiger partial charge in [0.25, 0.3) is 0 Å². The molecule has 1 aromatic rings. The summed E-state index contributed by atoms with van der Waals surface area (Å²) in [5, 5.41) is 3.05. The van der Waals surface area contributed by atoms with Crippen LogP contribution in [-0.2, 0) is 19.6 Å². The van der Waals surface area contributed by atoms with E-state index in [1.807, 2.05) is 4.90 Å². The molecule has 0 aromatic heterocycles. The smallest absolute Gasteiger partial charge is 0.243 e. The number of nitrogens with zero attached hydrogens (tertiary/aromatic N) is 3. The number of carbonyl (C=O) groups is 2. The Bertz CT molecular complexity index is 784. The standard InChI is InChI=1S/C18H26N4O4S/c1-20(27(25,26)16-7-3-2-4-8-16)14-18(24)21-10-5-6-15(13-21)22-11-9-19-12-17(22)23/h2-4,7-8,15,19H,5-6,9-14H2,1H3. The zero-order valence-electron chi connectivity index (χ0n) is 15.5. The van der Waals surface area contributed by atoms with E-state index in [4.69, 9.17) is 0 Å². The Morgan fingerprint density at radius 3 is 2.70 bits per heavy atom. The molecule has 1 aromatic carbocycles. The number of rotatable bonds is 5. The molecule has 1 unspecified atom stereocenters. The highest BCUT2D eigenvalue weighted by molar-refractivity contribution is 7.89. The van der Waals surface area contributed by atoms with Gasteiger partial charge in [0.05, 0.1) is 18.0 Å². The third-order valence-electron chi connectivity index (χ3n) is 5.13. The van der Waals surface area contributed by atoms with Crippen LogP contribution in [0.15, 0.2) is 35.2 Å². The number of hydrogen-bond acceptors (Lipinski definition) is 5. The first-order chi connectivity index (χ1) is 12.9. The molecule has 2 heterocycles. The number of amides is 2. The molecule has 27 heavy (non-hydrogen) atoms. The van der Waals surface area contributed by atoms with Crippen LogP contribution in [-0.4, -0.2) is 86.7 Å². The predicted molar refractivity (Wildman–Crippen MR) is 100 cm³/mol. The lowest BCUT2D eigenvalue weighted by Crippen LogP contribution is -2.58. The largest absolute Gasteiger partial charge is 0.339 e. The number of hydrogen-bond donors (Lipinski definition) is 1. The highest BCUT2D eigenvalue weighted by Gasteiger charge is 2.33. The van der Waals surface area contributed by atoms with Gasteiger partial charge in [-0.15, -0.1) is 0 Å². The first kappa shape index (κ1) is 19.8. The summed E-state index contributed by atoms with van der Waals surface area (Å²) >= 11 is 0. The van der Waals surface area contributed by atoms with Crippen molar-refractivity contribution in [2.24, 2.45) is 0 Å². The van der Waals surface area contributed by atoms with Crippen molar-refractivity contribution >= 4 is 21.8 Å². The molecule has 2 fully saturated rings. The van der Waals surface area contributed by atoms with Crippen LogP contribution in [0.2, 0.25) is 0 Å². The second kappa shape index (κ2) is 8.37. The fraction of sp³-hybridized carbons (Fsp3) is 0.556. The van der Waals surface area contributed by atoms with Gasteiger partial charge in [-0.2, -0.15) is 4.31 Å². The zero-order valence-corrected chi connectivity index (χ0v) is 16.3. The van der Waals surface area contributed by atoms with E-state index in [0.29, 0.717) is 26.2 Å². The van der Waals surface area contributed by atoms with E-state index in [1.54, 1.807) is 23.1 Å². The Kier molecular flexibility index (Phi) is 6.13. The normalized spacial score (nSPS) is 21.6. The minimum absolute atomic E-state index is 0.00772. The van der Waals surface area contributed by atoms with Crippen molar-refractivity contribution in [2.75, 3.05) is 46.3 Å². The zero-order chi connectivity index (χ0) is 19.4. The van der Waals surface area contributed by atoms with Gasteiger partial charge >= 0.3 is 0 Å². The van der Waals surface area contributed by atoms with Crippen LogP contribution >= 0.6 is 0 Å². The van der Waals surface area contributed by atoms with Crippen molar-refractivity contribution in [3.63, 3.8) is 0 Å². The second-order valence-corrected chi connectivity index (χ2v) is 9.02. The number of piperazine rings is 1. The topological polar surface area (TPSA) is 90.0 Å². The van der Waals surface area contributed by atoms with Crippen molar-refractivity contribution in [2.45, 2.75) is 23.8 Å². The average Bonchev–Trinajstić information content (AvgIpc) is 2.69. The molecule has 3 rings (SSSR count). The second-order valence-electron chi connectivity index (χ2n) is 6.97. The van der Waals surface area contributed by atoms with Crippen LogP contribution < -0.4 is 5.32 Å². The third kappa shape index (κ3) is 4.48. The summed E-state index contributed by atoms with van der Waals surface area (Å²) < 4.78 is 26.3. The molecule has 2 aliphatic heterocycles. The van der Waals surface area contributed by atoms with Gasteiger partial charge in [-0.1, -0.05) is 18.2 Å². The first-order valence-electron chi connectivity index (χ1n) is 9.19. The number of likely N-dealkylation sites (tertiary alicyclic amines) is 1. The summed E-state index contributed by atoms with van der Waals surface area (Å²) in [6.07, 6.45) is 1.68. The van der Waals surface area contributed by atoms with Gasteiger partial charge in [0.1, 0.15) is 0 Å². The van der Waals surface area contributed by atoms with E-state index in [-0.39, 0.29) is 29.3 Å². The molecule has 2 amide bonds. The maximum absolute atomic E-state index is 12.7. The van der Waals surface area contributed by atoms with Crippen LogP contribution in [0.3, 0.4) is 0 Å². The number of carbonyl (C=O) groups excluding carboxylic acids is 2. The van der Waals surface area contributed by atoms with Gasteiger partial charge in [-0.25, -0.2) is 8.42 Å². The molecule has 9 heteroatoms. The summed E-state index contributed by atoms with van der Waals surface area (Å²) in [4.78, 5) is 28.5. The molecule has 8 nitrogen and oxygen atoms in total. The lowest BCUT2D eigenvalue weighted by atomic mass is 10.0. The summed E-state index contributed by atoms with van der Waals surface area (Å²) in [5.41, 5.74) is 0. The predicted octanol–water partition coefficient (Wildman–Crippen LogP) is -0.270. The molecule has 0 bridgehead atoms. The number of nitrogens with one attached hydrogen (secondary N) is 1. The van der Waals surface area contributed by atoms with Crippen molar-refractivity contribution in [3.05, 3.63) is 30.3 Å². The maximum atomic E-state index is 12.7. The van der Waals surface area contributed by atoms with Gasteiger partial charge in [0, 0.05) is 39.3 Å². The Morgan fingerprint density at radius 2 is 2.00 bits per heavy atom. The van der Waals surface area contributed by atoms with Gasteiger partial charge in [-0.3, -0.25) is 9.59 Å². The summed E-state index contributed by atoms with van der Waals surface area (Å²) in [6, 6.07) is 8.10. The Balaban J connectivity index is 1.62. The van der Waals surface area contributed by atoms with Crippen molar-refractivity contribution < 1.29 is 18.0 Å². The minimum Gasteiger partial charge on any atom is -0.339 e. The monoisotopic (exact) mass is 394 g/mol. The van der Waals surface area contributed by atoms with E-state index in [2.05, 4.69) is 5.32 Å². The molecule has 0 aliphatic carbocycles. The van der Waals surface area contributed by atoms with Crippen LogP contribution in [0.1, 0.15) is 12.8 Å². The lowest BCUT2D eigenvalue weighted by Gasteiger charge is -2.41. The fourth-order valence-corrected chi connectivity index (χ4v) is 4.73. The SMILES string of the molecule is CN(CC(=O)N1CCCC(N2CCNCC2=O)C1)S(=O)(=O)c1ccccc1. The number of likely N-dealkylation sites (N-methyl/N-ethyl adjacent to an activating group) is 1. The molecule has 0 radical (unpaired) electrons. The minimum atomic E-state index is -3.70. The van der Waals surface area contributed by atoms with Gasteiger partial charge in [0.2, 0.25) is 21.8 Å². The van der Waals surface area contributed by atoms with E-state index in [1.165, 1.54) is 19.2 Å². The Labute approximate surface area is 160 Å². The summed E-state index contributed by atoms with van der Waals surface area (Å²) in [5.74, 6) is -0.173. The molecule has 148 valence electrons. The molecule has 0 saturated carbocycles. The number of piperidine rings is 1. The molecule has 1 atom stereocenters. The highest BCUT2D eigenvalue weighted by Crippen LogP contribution is 2.18. The van der Waals surface area contributed by atoms with Crippen LogP contribution in [0.4, 0.5) is 0 Å². The van der Waals surface area contributed by atoms with Gasteiger partial charge in [-0.05, 0) is 25.0 Å². The molecule has 2 aliphatic rings. The molecule has 1 N–H and O–H groups in total. The van der Waals surface area contributed by atoms with Crippen molar-refractivity contribution in [3.8, 4) is 0 Å². The lowest BCUT2D eigenvalue weighted by molar-refractivity contribution is -0.140. The molecular weight excluding hydrogens is 368 g/mol. The average molecular weight is 394 g/mol. The van der Waals surface area contributed by atoms with Gasteiger partial charge in [0.15, 0.2) is 0 Å². The molecular formula is C18H26N4O4S. The van der Waals surface area contributed by atoms with Crippen molar-refractivity contribution in [1.82, 2.24) is 19.4 Å². The van der Waals surface area contributed by atoms with E-state index >= 15 is 0 Å². The van der Waals surface area contributed by atoms with E-state index in [9.17, 15) is 18.0 Å². The maximum Gasteiger partial charge on any atom is 0.243 e. The van der Waals surface area contributed by atoms with Crippen molar-refractivity contribution in [1.29, 1.82) is 0 Å². The molecule has 0 spiro atoms. The van der Waals surface area contributed by atoms with E-state index < -0.39 is 10.0 Å². The van der Waals surface area contributed by atoms with Gasteiger partial charge < -0.3 is 15.1 Å². The number of benzene rings is 1. The van der Waals surface area contributed by atoms with E-state index in [0.717, 1.165) is 23.7 Å². The summed E-state index contributed by atoms with van der Waals surface area (Å²) in [7, 11) is -2.28. The Morgan fingerprint density at radius 1 is 1.26 bits per heavy atom. The van der Waals surface area contributed by atoms with Crippen LogP contribution in [0.5, 0.6) is 0 Å². The Hall–Kier alpha value is -1.97. The first-order valence-corrected chi connectivity index (χ1v) is 10.6. The summed E-state index contributed by atoms with van der Waals surface area (Å²) in [6.45, 7) is 2.59. The van der Waals surface area contributed by atoms with Crippen LogP contribution in [0, 0.1) is 0 Å². The fourth-order valence-electron chi connectivity index (χ4n) is 3.59. The quantitative estimate of drug-likeness (QED) is 0.743. The number of sulfonamides is 1. The highest BCUT2D eigenvalue weighted by atomic mass is 32.2. The molecule has 2 saturated heterocycles.